The third kappa shape index (κ3) is 6.49. The normalized spacial score (nSPS) is 11.6. The number of hydrogen-bond acceptors (Lipinski definition) is 3. The number of carbonyl (C=O) groups is 1. The Kier molecular flexibility index (Phi) is 7.83. The van der Waals surface area contributed by atoms with E-state index in [1.807, 2.05) is 48.5 Å². The third-order valence-corrected chi connectivity index (χ3v) is 3.78. The van der Waals surface area contributed by atoms with Crippen LogP contribution < -0.4 is 14.8 Å². The molecule has 0 saturated heterocycles. The van der Waals surface area contributed by atoms with Crippen molar-refractivity contribution in [3.8, 4) is 11.5 Å². The summed E-state index contributed by atoms with van der Waals surface area (Å²) in [4.78, 5) is 12.1. The molecule has 0 aliphatic carbocycles. The van der Waals surface area contributed by atoms with E-state index in [0.29, 0.717) is 12.3 Å². The Morgan fingerprint density at radius 3 is 2.56 bits per heavy atom. The highest BCUT2D eigenvalue weighted by Gasteiger charge is 2.13. The molecule has 0 aromatic heterocycles. The first-order valence-corrected chi connectivity index (χ1v) is 8.91. The standard InChI is InChI=1S/C21H27NO3/c1-3-16-24-20-14-8-7-10-18(20)11-9-15-22-21(23)17(2)25-19-12-5-4-6-13-19/h4-8,10,12-14,17H,3,9,11,15-16H2,1-2H3,(H,22,23)/t17-/m0/s1. The summed E-state index contributed by atoms with van der Waals surface area (Å²) >= 11 is 0. The lowest BCUT2D eigenvalue weighted by Gasteiger charge is -2.15. The smallest absolute Gasteiger partial charge is 0.260 e. The van der Waals surface area contributed by atoms with Crippen LogP contribution in [-0.4, -0.2) is 25.2 Å². The van der Waals surface area contributed by atoms with E-state index in [0.717, 1.165) is 31.6 Å². The van der Waals surface area contributed by atoms with Crippen molar-refractivity contribution in [2.24, 2.45) is 0 Å². The Morgan fingerprint density at radius 1 is 1.08 bits per heavy atom. The van der Waals surface area contributed by atoms with Gasteiger partial charge >= 0.3 is 0 Å². The minimum atomic E-state index is -0.512. The molecule has 2 aromatic rings. The molecule has 0 radical (unpaired) electrons. The Labute approximate surface area is 150 Å². The van der Waals surface area contributed by atoms with Gasteiger partial charge in [0.25, 0.3) is 5.91 Å². The van der Waals surface area contributed by atoms with Gasteiger partial charge < -0.3 is 14.8 Å². The first kappa shape index (κ1) is 18.8. The van der Waals surface area contributed by atoms with Crippen LogP contribution in [0.15, 0.2) is 54.6 Å². The summed E-state index contributed by atoms with van der Waals surface area (Å²) in [5.41, 5.74) is 1.18. The van der Waals surface area contributed by atoms with Crippen molar-refractivity contribution >= 4 is 5.91 Å². The van der Waals surface area contributed by atoms with Gasteiger partial charge in [-0.05, 0) is 49.9 Å². The predicted molar refractivity (Wildman–Crippen MR) is 100 cm³/mol. The molecule has 0 heterocycles. The van der Waals surface area contributed by atoms with Gasteiger partial charge in [-0.15, -0.1) is 0 Å². The van der Waals surface area contributed by atoms with E-state index in [-0.39, 0.29) is 5.91 Å². The summed E-state index contributed by atoms with van der Waals surface area (Å²) in [7, 11) is 0. The van der Waals surface area contributed by atoms with Crippen LogP contribution in [0.4, 0.5) is 0 Å². The van der Waals surface area contributed by atoms with Crippen LogP contribution in [-0.2, 0) is 11.2 Å². The molecule has 0 unspecified atom stereocenters. The molecule has 4 heteroatoms. The van der Waals surface area contributed by atoms with Crippen LogP contribution in [0.3, 0.4) is 0 Å². The number of nitrogens with one attached hydrogen (secondary N) is 1. The van der Waals surface area contributed by atoms with Crippen molar-refractivity contribution in [1.82, 2.24) is 5.32 Å². The quantitative estimate of drug-likeness (QED) is 0.665. The van der Waals surface area contributed by atoms with Crippen molar-refractivity contribution in [2.75, 3.05) is 13.2 Å². The van der Waals surface area contributed by atoms with Gasteiger partial charge in [-0.2, -0.15) is 0 Å². The number of carbonyl (C=O) groups excluding carboxylic acids is 1. The van der Waals surface area contributed by atoms with Gasteiger partial charge in [-0.25, -0.2) is 0 Å². The molecule has 2 rings (SSSR count). The van der Waals surface area contributed by atoms with E-state index in [2.05, 4.69) is 18.3 Å². The van der Waals surface area contributed by atoms with Gasteiger partial charge in [0.2, 0.25) is 0 Å². The van der Waals surface area contributed by atoms with E-state index in [1.165, 1.54) is 5.56 Å². The number of hydrogen-bond donors (Lipinski definition) is 1. The van der Waals surface area contributed by atoms with Gasteiger partial charge in [-0.1, -0.05) is 43.3 Å². The number of para-hydroxylation sites is 2. The molecule has 0 aliphatic rings. The molecule has 1 N–H and O–H groups in total. The number of rotatable bonds is 10. The Morgan fingerprint density at radius 2 is 1.80 bits per heavy atom. The van der Waals surface area contributed by atoms with Gasteiger partial charge in [0.15, 0.2) is 6.10 Å². The second-order valence-electron chi connectivity index (χ2n) is 5.92. The SMILES string of the molecule is CCCOc1ccccc1CCCNC(=O)[C@H](C)Oc1ccccc1. The largest absolute Gasteiger partial charge is 0.493 e. The summed E-state index contributed by atoms with van der Waals surface area (Å²) in [6.45, 7) is 5.19. The number of aryl methyl sites for hydroxylation is 1. The summed E-state index contributed by atoms with van der Waals surface area (Å²) in [6, 6.07) is 17.5. The fraction of sp³-hybridized carbons (Fsp3) is 0.381. The second-order valence-corrected chi connectivity index (χ2v) is 5.92. The first-order chi connectivity index (χ1) is 12.2. The van der Waals surface area contributed by atoms with Crippen molar-refractivity contribution in [3.05, 3.63) is 60.2 Å². The molecule has 1 amide bonds. The zero-order chi connectivity index (χ0) is 17.9. The van der Waals surface area contributed by atoms with Gasteiger partial charge in [0.05, 0.1) is 6.61 Å². The van der Waals surface area contributed by atoms with E-state index < -0.39 is 6.10 Å². The summed E-state index contributed by atoms with van der Waals surface area (Å²) < 4.78 is 11.4. The number of benzene rings is 2. The molecular weight excluding hydrogens is 314 g/mol. The predicted octanol–water partition coefficient (Wildman–Crippen LogP) is 3.99. The Hall–Kier alpha value is -2.49. The minimum Gasteiger partial charge on any atom is -0.493 e. The van der Waals surface area contributed by atoms with Crippen LogP contribution >= 0.6 is 0 Å². The minimum absolute atomic E-state index is 0.0978. The van der Waals surface area contributed by atoms with Crippen molar-refractivity contribution < 1.29 is 14.3 Å². The zero-order valence-electron chi connectivity index (χ0n) is 15.0. The first-order valence-electron chi connectivity index (χ1n) is 8.91. The lowest BCUT2D eigenvalue weighted by Crippen LogP contribution is -2.36. The summed E-state index contributed by atoms with van der Waals surface area (Å²) in [5, 5.41) is 2.93. The average molecular weight is 341 g/mol. The molecule has 0 bridgehead atoms. The molecule has 4 nitrogen and oxygen atoms in total. The van der Waals surface area contributed by atoms with Gasteiger partial charge in [0.1, 0.15) is 11.5 Å². The van der Waals surface area contributed by atoms with Crippen molar-refractivity contribution in [3.63, 3.8) is 0 Å². The molecule has 0 aliphatic heterocycles. The number of ether oxygens (including phenoxy) is 2. The molecule has 0 fully saturated rings. The van der Waals surface area contributed by atoms with E-state index >= 15 is 0 Å². The maximum absolute atomic E-state index is 12.1. The van der Waals surface area contributed by atoms with Gasteiger partial charge in [0, 0.05) is 6.54 Å². The highest BCUT2D eigenvalue weighted by Crippen LogP contribution is 2.19. The van der Waals surface area contributed by atoms with Crippen LogP contribution in [0.5, 0.6) is 11.5 Å². The molecule has 0 spiro atoms. The zero-order valence-corrected chi connectivity index (χ0v) is 15.0. The highest BCUT2D eigenvalue weighted by molar-refractivity contribution is 5.80. The monoisotopic (exact) mass is 341 g/mol. The summed E-state index contributed by atoms with van der Waals surface area (Å²) in [6.07, 6.45) is 2.20. The van der Waals surface area contributed by atoms with Crippen LogP contribution in [0.2, 0.25) is 0 Å². The third-order valence-electron chi connectivity index (χ3n) is 3.78. The van der Waals surface area contributed by atoms with Gasteiger partial charge in [-0.3, -0.25) is 4.79 Å². The summed E-state index contributed by atoms with van der Waals surface area (Å²) in [5.74, 6) is 1.54. The molecule has 2 aromatic carbocycles. The molecule has 1 atom stereocenters. The fourth-order valence-electron chi connectivity index (χ4n) is 2.45. The fourth-order valence-corrected chi connectivity index (χ4v) is 2.45. The van der Waals surface area contributed by atoms with E-state index in [4.69, 9.17) is 9.47 Å². The Bertz CT molecular complexity index is 643. The van der Waals surface area contributed by atoms with Crippen LogP contribution in [0, 0.1) is 0 Å². The van der Waals surface area contributed by atoms with E-state index in [9.17, 15) is 4.79 Å². The lowest BCUT2D eigenvalue weighted by atomic mass is 10.1. The van der Waals surface area contributed by atoms with Crippen molar-refractivity contribution in [1.29, 1.82) is 0 Å². The molecule has 25 heavy (non-hydrogen) atoms. The number of amides is 1. The molecule has 0 saturated carbocycles. The molecular formula is C21H27NO3. The topological polar surface area (TPSA) is 47.6 Å². The maximum atomic E-state index is 12.1. The van der Waals surface area contributed by atoms with Crippen molar-refractivity contribution in [2.45, 2.75) is 39.2 Å². The van der Waals surface area contributed by atoms with Crippen LogP contribution in [0.1, 0.15) is 32.3 Å². The second kappa shape index (κ2) is 10.4. The molecule has 134 valence electrons. The average Bonchev–Trinajstić information content (AvgIpc) is 2.65. The van der Waals surface area contributed by atoms with Crippen LogP contribution in [0.25, 0.3) is 0 Å². The maximum Gasteiger partial charge on any atom is 0.260 e. The van der Waals surface area contributed by atoms with E-state index in [1.54, 1.807) is 6.92 Å². The highest BCUT2D eigenvalue weighted by atomic mass is 16.5. The lowest BCUT2D eigenvalue weighted by molar-refractivity contribution is -0.127. The Balaban J connectivity index is 1.73.